The Balaban J connectivity index is 2.63. The molecular weight excluding hydrogens is 270 g/mol. The molecule has 118 valence electrons. The topological polar surface area (TPSA) is 78.5 Å². The Morgan fingerprint density at radius 1 is 1.43 bits per heavy atom. The molecule has 1 rings (SSSR count). The summed E-state index contributed by atoms with van der Waals surface area (Å²) < 4.78 is 0. The number of ketones is 1. The van der Waals surface area contributed by atoms with Gasteiger partial charge < -0.3 is 10.6 Å². The summed E-state index contributed by atoms with van der Waals surface area (Å²) >= 11 is 0. The lowest BCUT2D eigenvalue weighted by molar-refractivity contribution is -0.140. The van der Waals surface area contributed by atoms with Crippen molar-refractivity contribution in [3.63, 3.8) is 0 Å². The number of likely N-dealkylation sites (tertiary alicyclic amines) is 1. The van der Waals surface area contributed by atoms with Gasteiger partial charge in [0.1, 0.15) is 0 Å². The third-order valence-corrected chi connectivity index (χ3v) is 3.66. The zero-order valence-electron chi connectivity index (χ0n) is 12.9. The highest BCUT2D eigenvalue weighted by molar-refractivity contribution is 6.38. The number of nitrogens with zero attached hydrogens (tertiary/aromatic N) is 1. The fraction of sp³-hybridized carbons (Fsp3) is 0.667. The van der Waals surface area contributed by atoms with E-state index >= 15 is 0 Å². The van der Waals surface area contributed by atoms with Crippen LogP contribution in [0.2, 0.25) is 0 Å². The maximum atomic E-state index is 12.2. The number of likely N-dealkylation sites (N-methyl/N-ethyl adjacent to an activating group) is 1. The fourth-order valence-electron chi connectivity index (χ4n) is 2.48. The van der Waals surface area contributed by atoms with E-state index in [1.54, 1.807) is 0 Å². The van der Waals surface area contributed by atoms with E-state index in [1.165, 1.54) is 6.08 Å². The standard InChI is InChI=1S/C15H25N3O3/c1-4-7-11(13(19)15(21)16-9-5-2)17-14(20)12-8-6-10-18(12)3/h5,11-12H,2,4,6-10H2,1,3H3,(H,16,21)(H,17,20). The van der Waals surface area contributed by atoms with E-state index in [9.17, 15) is 14.4 Å². The van der Waals surface area contributed by atoms with E-state index in [0.29, 0.717) is 12.8 Å². The molecule has 1 aliphatic rings. The highest BCUT2D eigenvalue weighted by Gasteiger charge is 2.32. The molecule has 0 radical (unpaired) electrons. The van der Waals surface area contributed by atoms with E-state index in [-0.39, 0.29) is 18.5 Å². The fourth-order valence-corrected chi connectivity index (χ4v) is 2.48. The summed E-state index contributed by atoms with van der Waals surface area (Å²) in [4.78, 5) is 38.0. The lowest BCUT2D eigenvalue weighted by atomic mass is 10.1. The summed E-state index contributed by atoms with van der Waals surface area (Å²) in [5, 5.41) is 5.18. The average molecular weight is 295 g/mol. The molecule has 6 heteroatoms. The van der Waals surface area contributed by atoms with E-state index in [2.05, 4.69) is 17.2 Å². The Morgan fingerprint density at radius 3 is 2.67 bits per heavy atom. The maximum absolute atomic E-state index is 12.2. The highest BCUT2D eigenvalue weighted by atomic mass is 16.2. The summed E-state index contributed by atoms with van der Waals surface area (Å²) in [6.45, 7) is 6.51. The first kappa shape index (κ1) is 17.4. The monoisotopic (exact) mass is 295 g/mol. The van der Waals surface area contributed by atoms with Crippen LogP contribution in [0, 0.1) is 0 Å². The molecule has 0 bridgehead atoms. The molecule has 0 aromatic heterocycles. The molecule has 21 heavy (non-hydrogen) atoms. The molecule has 6 nitrogen and oxygen atoms in total. The van der Waals surface area contributed by atoms with Crippen LogP contribution in [-0.4, -0.2) is 54.7 Å². The average Bonchev–Trinajstić information content (AvgIpc) is 2.89. The van der Waals surface area contributed by atoms with Crippen molar-refractivity contribution >= 4 is 17.6 Å². The van der Waals surface area contributed by atoms with Crippen LogP contribution < -0.4 is 10.6 Å². The normalized spacial score (nSPS) is 19.8. The minimum absolute atomic E-state index is 0.168. The Labute approximate surface area is 125 Å². The van der Waals surface area contributed by atoms with Gasteiger partial charge in [-0.15, -0.1) is 6.58 Å². The van der Waals surface area contributed by atoms with Crippen molar-refractivity contribution in [1.82, 2.24) is 15.5 Å². The van der Waals surface area contributed by atoms with Gasteiger partial charge in [0.25, 0.3) is 5.91 Å². The van der Waals surface area contributed by atoms with Gasteiger partial charge in [-0.3, -0.25) is 19.3 Å². The Hall–Kier alpha value is -1.69. The molecule has 2 N–H and O–H groups in total. The van der Waals surface area contributed by atoms with Crippen LogP contribution in [-0.2, 0) is 14.4 Å². The lowest BCUT2D eigenvalue weighted by Gasteiger charge is -2.22. The third kappa shape index (κ3) is 4.97. The quantitative estimate of drug-likeness (QED) is 0.496. The van der Waals surface area contributed by atoms with Crippen molar-refractivity contribution in [2.45, 2.75) is 44.7 Å². The van der Waals surface area contributed by atoms with Gasteiger partial charge in [0, 0.05) is 6.54 Å². The van der Waals surface area contributed by atoms with Crippen LogP contribution in [0.3, 0.4) is 0 Å². The first-order valence-electron chi connectivity index (χ1n) is 7.44. The van der Waals surface area contributed by atoms with E-state index < -0.39 is 17.7 Å². The van der Waals surface area contributed by atoms with Gasteiger partial charge in [-0.2, -0.15) is 0 Å². The van der Waals surface area contributed by atoms with Crippen molar-refractivity contribution in [3.05, 3.63) is 12.7 Å². The minimum Gasteiger partial charge on any atom is -0.346 e. The smallest absolute Gasteiger partial charge is 0.289 e. The highest BCUT2D eigenvalue weighted by Crippen LogP contribution is 2.15. The Kier molecular flexibility index (Phi) is 7.08. The molecule has 1 saturated heterocycles. The van der Waals surface area contributed by atoms with Gasteiger partial charge in [0.2, 0.25) is 11.7 Å². The predicted molar refractivity (Wildman–Crippen MR) is 80.7 cm³/mol. The SMILES string of the molecule is C=CCNC(=O)C(=O)C(CCC)NC(=O)C1CCCN1C. The lowest BCUT2D eigenvalue weighted by Crippen LogP contribution is -2.51. The number of carbonyl (C=O) groups is 3. The summed E-state index contributed by atoms with van der Waals surface area (Å²) in [5.41, 5.74) is 0. The molecule has 0 aromatic rings. The minimum atomic E-state index is -0.749. The number of rotatable bonds is 8. The molecular formula is C15H25N3O3. The molecule has 0 saturated carbocycles. The Bertz CT molecular complexity index is 409. The molecule has 1 heterocycles. The molecule has 2 amide bonds. The second kappa shape index (κ2) is 8.56. The second-order valence-corrected chi connectivity index (χ2v) is 5.35. The van der Waals surface area contributed by atoms with Crippen LogP contribution in [0.5, 0.6) is 0 Å². The zero-order chi connectivity index (χ0) is 15.8. The molecule has 2 atom stereocenters. The number of Topliss-reactive ketones (excluding diaryl/α,β-unsaturated/α-hetero) is 1. The summed E-state index contributed by atoms with van der Waals surface area (Å²) in [7, 11) is 1.89. The number of nitrogens with one attached hydrogen (secondary N) is 2. The molecule has 1 aliphatic heterocycles. The van der Waals surface area contributed by atoms with Crippen LogP contribution in [0.25, 0.3) is 0 Å². The summed E-state index contributed by atoms with van der Waals surface area (Å²) in [5.74, 6) is -1.43. The van der Waals surface area contributed by atoms with Crippen molar-refractivity contribution in [3.8, 4) is 0 Å². The third-order valence-electron chi connectivity index (χ3n) is 3.66. The van der Waals surface area contributed by atoms with Crippen LogP contribution >= 0.6 is 0 Å². The van der Waals surface area contributed by atoms with E-state index in [1.807, 2.05) is 18.9 Å². The van der Waals surface area contributed by atoms with Gasteiger partial charge in [0.05, 0.1) is 12.1 Å². The van der Waals surface area contributed by atoms with Crippen LogP contribution in [0.1, 0.15) is 32.6 Å². The van der Waals surface area contributed by atoms with Crippen LogP contribution in [0.15, 0.2) is 12.7 Å². The predicted octanol–water partition coefficient (Wildman–Crippen LogP) is 0.237. The molecule has 0 aliphatic carbocycles. The maximum Gasteiger partial charge on any atom is 0.289 e. The summed E-state index contributed by atoms with van der Waals surface area (Å²) in [6.07, 6.45) is 4.44. The second-order valence-electron chi connectivity index (χ2n) is 5.35. The van der Waals surface area contributed by atoms with E-state index in [0.717, 1.165) is 19.4 Å². The van der Waals surface area contributed by atoms with Crippen molar-refractivity contribution in [2.24, 2.45) is 0 Å². The Morgan fingerprint density at radius 2 is 2.14 bits per heavy atom. The zero-order valence-corrected chi connectivity index (χ0v) is 12.9. The molecule has 1 fully saturated rings. The van der Waals surface area contributed by atoms with Gasteiger partial charge in [-0.05, 0) is 32.9 Å². The largest absolute Gasteiger partial charge is 0.346 e. The summed E-state index contributed by atoms with van der Waals surface area (Å²) in [6, 6.07) is -0.949. The number of hydrogen-bond donors (Lipinski definition) is 2. The number of carbonyl (C=O) groups excluding carboxylic acids is 3. The number of amides is 2. The first-order valence-corrected chi connectivity index (χ1v) is 7.44. The first-order chi connectivity index (χ1) is 10.0. The van der Waals surface area contributed by atoms with Crippen molar-refractivity contribution in [1.29, 1.82) is 0 Å². The van der Waals surface area contributed by atoms with Gasteiger partial charge >= 0.3 is 0 Å². The molecule has 0 spiro atoms. The van der Waals surface area contributed by atoms with Gasteiger partial charge in [0.15, 0.2) is 0 Å². The molecule has 0 aromatic carbocycles. The van der Waals surface area contributed by atoms with Crippen molar-refractivity contribution in [2.75, 3.05) is 20.1 Å². The van der Waals surface area contributed by atoms with Crippen LogP contribution in [0.4, 0.5) is 0 Å². The number of hydrogen-bond acceptors (Lipinski definition) is 4. The van der Waals surface area contributed by atoms with E-state index in [4.69, 9.17) is 0 Å². The van der Waals surface area contributed by atoms with Gasteiger partial charge in [-0.25, -0.2) is 0 Å². The molecule has 2 unspecified atom stereocenters. The van der Waals surface area contributed by atoms with Gasteiger partial charge in [-0.1, -0.05) is 19.4 Å². The van der Waals surface area contributed by atoms with Crippen molar-refractivity contribution < 1.29 is 14.4 Å².